The summed E-state index contributed by atoms with van der Waals surface area (Å²) in [6, 6.07) is 12.1. The summed E-state index contributed by atoms with van der Waals surface area (Å²) in [7, 11) is 1.57. The quantitative estimate of drug-likeness (QED) is 0.333. The summed E-state index contributed by atoms with van der Waals surface area (Å²) in [6.07, 6.45) is 0.724. The van der Waals surface area contributed by atoms with Gasteiger partial charge < -0.3 is 19.5 Å². The molecule has 0 unspecified atom stereocenters. The number of halogens is 1. The number of hydrogen-bond donors (Lipinski definition) is 1. The van der Waals surface area contributed by atoms with Crippen molar-refractivity contribution in [1.82, 2.24) is 9.80 Å². The molecule has 2 aromatic carbocycles. The second-order valence-corrected chi connectivity index (χ2v) is 9.45. The van der Waals surface area contributed by atoms with Gasteiger partial charge in [0.2, 0.25) is 0 Å². The zero-order valence-electron chi connectivity index (χ0n) is 19.4. The lowest BCUT2D eigenvalue weighted by atomic mass is 9.94. The van der Waals surface area contributed by atoms with Crippen molar-refractivity contribution in [1.29, 1.82) is 0 Å². The number of aliphatic hydroxyl groups is 1. The topological polar surface area (TPSA) is 79.3 Å². The highest BCUT2D eigenvalue weighted by atomic mass is 79.9. The smallest absolute Gasteiger partial charge is 0.295 e. The van der Waals surface area contributed by atoms with Crippen molar-refractivity contribution in [3.05, 3.63) is 69.2 Å². The van der Waals surface area contributed by atoms with Gasteiger partial charge in [-0.15, -0.1) is 0 Å². The number of ether oxygens (including phenoxy) is 2. The van der Waals surface area contributed by atoms with Gasteiger partial charge in [-0.25, -0.2) is 0 Å². The van der Waals surface area contributed by atoms with Crippen molar-refractivity contribution < 1.29 is 24.2 Å². The lowest BCUT2D eigenvalue weighted by Crippen LogP contribution is -2.38. The van der Waals surface area contributed by atoms with Crippen LogP contribution in [0.3, 0.4) is 0 Å². The number of benzene rings is 2. The number of hydrogen-bond acceptors (Lipinski definition) is 6. The van der Waals surface area contributed by atoms with Gasteiger partial charge in [0.05, 0.1) is 31.9 Å². The van der Waals surface area contributed by atoms with Crippen LogP contribution in [0.25, 0.3) is 5.76 Å². The Hall–Kier alpha value is -2.68. The molecular weight excluding hydrogens is 500 g/mol. The Morgan fingerprint density at radius 2 is 1.82 bits per heavy atom. The first-order chi connectivity index (χ1) is 16.4. The van der Waals surface area contributed by atoms with Crippen LogP contribution in [0.15, 0.2) is 52.5 Å². The van der Waals surface area contributed by atoms with Gasteiger partial charge in [-0.3, -0.25) is 14.5 Å². The molecule has 8 heteroatoms. The Labute approximate surface area is 208 Å². The van der Waals surface area contributed by atoms with E-state index in [9.17, 15) is 14.7 Å². The second kappa shape index (κ2) is 10.7. The first kappa shape index (κ1) is 24.4. The summed E-state index contributed by atoms with van der Waals surface area (Å²) in [6.45, 7) is 6.23. The molecule has 2 heterocycles. The van der Waals surface area contributed by atoms with E-state index in [1.54, 1.807) is 30.2 Å². The summed E-state index contributed by atoms with van der Waals surface area (Å²) in [4.78, 5) is 30.2. The first-order valence-electron chi connectivity index (χ1n) is 11.4. The summed E-state index contributed by atoms with van der Waals surface area (Å²) in [5, 5.41) is 11.3. The van der Waals surface area contributed by atoms with Crippen molar-refractivity contribution in [2.75, 3.05) is 46.5 Å². The van der Waals surface area contributed by atoms with Gasteiger partial charge in [-0.2, -0.15) is 0 Å². The molecule has 0 bridgehead atoms. The number of Topliss-reactive ketones (excluding diaryl/α,β-unsaturated/α-hetero) is 1. The van der Waals surface area contributed by atoms with E-state index < -0.39 is 17.7 Å². The van der Waals surface area contributed by atoms with Crippen molar-refractivity contribution in [3.8, 4) is 5.75 Å². The summed E-state index contributed by atoms with van der Waals surface area (Å²) in [5.74, 6) is -0.751. The number of amides is 1. The Morgan fingerprint density at radius 3 is 2.47 bits per heavy atom. The number of aryl methyl sites for hydroxylation is 1. The van der Waals surface area contributed by atoms with Crippen LogP contribution in [0, 0.1) is 6.92 Å². The minimum absolute atomic E-state index is 0.118. The van der Waals surface area contributed by atoms with Crippen LogP contribution < -0.4 is 4.74 Å². The van der Waals surface area contributed by atoms with Gasteiger partial charge in [-0.05, 0) is 54.8 Å². The second-order valence-electron chi connectivity index (χ2n) is 8.53. The molecule has 1 N–H and O–H groups in total. The lowest BCUT2D eigenvalue weighted by Gasteiger charge is -2.29. The van der Waals surface area contributed by atoms with Crippen LogP contribution in [0.5, 0.6) is 5.75 Å². The normalized spacial score (nSPS) is 20.7. The van der Waals surface area contributed by atoms with Crippen LogP contribution in [-0.2, 0) is 14.3 Å². The Morgan fingerprint density at radius 1 is 1.12 bits per heavy atom. The number of carbonyl (C=O) groups excluding carboxylic acids is 2. The third-order valence-electron chi connectivity index (χ3n) is 6.39. The minimum atomic E-state index is -0.660. The highest BCUT2D eigenvalue weighted by Gasteiger charge is 2.45. The molecule has 34 heavy (non-hydrogen) atoms. The van der Waals surface area contributed by atoms with Gasteiger partial charge in [0, 0.05) is 36.2 Å². The molecular formula is C26H29BrN2O5. The Balaban J connectivity index is 1.69. The predicted octanol–water partition coefficient (Wildman–Crippen LogP) is 3.91. The van der Waals surface area contributed by atoms with Crippen LogP contribution in [0.2, 0.25) is 0 Å². The van der Waals surface area contributed by atoms with Gasteiger partial charge in [0.15, 0.2) is 0 Å². The van der Waals surface area contributed by atoms with E-state index in [1.807, 2.05) is 31.2 Å². The minimum Gasteiger partial charge on any atom is -0.507 e. The maximum absolute atomic E-state index is 13.2. The van der Waals surface area contributed by atoms with Crippen molar-refractivity contribution in [3.63, 3.8) is 0 Å². The molecule has 2 saturated heterocycles. The standard InChI is InChI=1S/C26H29BrN2O5/c1-17-16-20(33-2)8-9-21(17)24(30)22-23(18-4-6-19(27)7-5-18)29(26(32)25(22)31)11-3-10-28-12-14-34-15-13-28/h4-9,16,23,30H,3,10-15H2,1-2H3/t23-/m0/s1. The monoisotopic (exact) mass is 528 g/mol. The van der Waals surface area contributed by atoms with E-state index in [1.165, 1.54) is 0 Å². The number of nitrogens with zero attached hydrogens (tertiary/aromatic N) is 2. The fourth-order valence-electron chi connectivity index (χ4n) is 4.57. The molecule has 1 atom stereocenters. The molecule has 2 fully saturated rings. The van der Waals surface area contributed by atoms with Crippen LogP contribution >= 0.6 is 15.9 Å². The molecule has 0 aromatic heterocycles. The van der Waals surface area contributed by atoms with E-state index >= 15 is 0 Å². The van der Waals surface area contributed by atoms with E-state index in [0.717, 1.165) is 41.7 Å². The number of likely N-dealkylation sites (tertiary alicyclic amines) is 1. The number of rotatable bonds is 7. The highest BCUT2D eigenvalue weighted by molar-refractivity contribution is 9.10. The molecule has 2 aliphatic rings. The Bertz CT molecular complexity index is 1090. The summed E-state index contributed by atoms with van der Waals surface area (Å²) < 4.78 is 11.6. The Kier molecular flexibility index (Phi) is 7.70. The molecule has 2 aromatic rings. The van der Waals surface area contributed by atoms with Crippen molar-refractivity contribution >= 4 is 33.4 Å². The molecule has 2 aliphatic heterocycles. The number of morpholine rings is 1. The SMILES string of the molecule is COc1ccc(C(O)=C2C(=O)C(=O)N(CCCN3CCOCC3)[C@H]2c2ccc(Br)cc2)c(C)c1. The highest BCUT2D eigenvalue weighted by Crippen LogP contribution is 2.40. The first-order valence-corrected chi connectivity index (χ1v) is 12.2. The van der Waals surface area contributed by atoms with E-state index in [2.05, 4.69) is 20.8 Å². The van der Waals surface area contributed by atoms with Gasteiger partial charge in [-0.1, -0.05) is 28.1 Å². The number of methoxy groups -OCH3 is 1. The van der Waals surface area contributed by atoms with Crippen LogP contribution in [-0.4, -0.2) is 73.1 Å². The van der Waals surface area contributed by atoms with E-state index in [-0.39, 0.29) is 11.3 Å². The summed E-state index contributed by atoms with van der Waals surface area (Å²) in [5.41, 5.74) is 2.16. The zero-order valence-corrected chi connectivity index (χ0v) is 21.0. The maximum Gasteiger partial charge on any atom is 0.295 e. The molecule has 4 rings (SSSR count). The molecule has 7 nitrogen and oxygen atoms in total. The third-order valence-corrected chi connectivity index (χ3v) is 6.92. The van der Waals surface area contributed by atoms with Gasteiger partial charge >= 0.3 is 0 Å². The summed E-state index contributed by atoms with van der Waals surface area (Å²) >= 11 is 3.45. The van der Waals surface area contributed by atoms with Crippen LogP contribution in [0.1, 0.15) is 29.2 Å². The third kappa shape index (κ3) is 5.04. The van der Waals surface area contributed by atoms with Gasteiger partial charge in [0.1, 0.15) is 11.5 Å². The van der Waals surface area contributed by atoms with Crippen molar-refractivity contribution in [2.24, 2.45) is 0 Å². The van der Waals surface area contributed by atoms with Crippen LogP contribution in [0.4, 0.5) is 0 Å². The van der Waals surface area contributed by atoms with Crippen molar-refractivity contribution in [2.45, 2.75) is 19.4 Å². The largest absolute Gasteiger partial charge is 0.507 e. The van der Waals surface area contributed by atoms with Gasteiger partial charge in [0.25, 0.3) is 11.7 Å². The van der Waals surface area contributed by atoms with E-state index in [0.29, 0.717) is 31.1 Å². The maximum atomic E-state index is 13.2. The number of carbonyl (C=O) groups is 2. The molecule has 1 amide bonds. The molecule has 0 saturated carbocycles. The van der Waals surface area contributed by atoms with E-state index in [4.69, 9.17) is 9.47 Å². The number of ketones is 1. The average Bonchev–Trinajstić information content (AvgIpc) is 3.09. The fraction of sp³-hybridized carbons (Fsp3) is 0.385. The average molecular weight is 529 g/mol. The number of aliphatic hydroxyl groups excluding tert-OH is 1. The molecule has 0 aliphatic carbocycles. The molecule has 180 valence electrons. The zero-order chi connectivity index (χ0) is 24.2. The predicted molar refractivity (Wildman–Crippen MR) is 133 cm³/mol. The fourth-order valence-corrected chi connectivity index (χ4v) is 4.83. The molecule has 0 radical (unpaired) electrons. The lowest BCUT2D eigenvalue weighted by molar-refractivity contribution is -0.140. The molecule has 0 spiro atoms.